The van der Waals surface area contributed by atoms with Crippen molar-refractivity contribution in [3.8, 4) is 22.8 Å². The summed E-state index contributed by atoms with van der Waals surface area (Å²) in [6.45, 7) is 2.54. The Bertz CT molecular complexity index is 1120. The van der Waals surface area contributed by atoms with Gasteiger partial charge in [0.05, 0.1) is 19.1 Å². The first-order valence-corrected chi connectivity index (χ1v) is 9.31. The van der Waals surface area contributed by atoms with Gasteiger partial charge in [0, 0.05) is 17.0 Å². The van der Waals surface area contributed by atoms with Crippen LogP contribution in [0.3, 0.4) is 0 Å². The molecule has 2 heterocycles. The average Bonchev–Trinajstić information content (AvgIpc) is 3.21. The van der Waals surface area contributed by atoms with Crippen LogP contribution in [0.5, 0.6) is 11.5 Å². The van der Waals surface area contributed by atoms with E-state index < -0.39 is 0 Å². The van der Waals surface area contributed by atoms with Crippen LogP contribution in [-0.2, 0) is 0 Å². The number of rotatable bonds is 5. The second kappa shape index (κ2) is 7.59. The molecule has 0 saturated heterocycles. The van der Waals surface area contributed by atoms with Gasteiger partial charge in [0.2, 0.25) is 5.13 Å². The summed E-state index contributed by atoms with van der Waals surface area (Å²) in [6, 6.07) is 15.3. The fourth-order valence-electron chi connectivity index (χ4n) is 2.71. The summed E-state index contributed by atoms with van der Waals surface area (Å²) in [5, 5.41) is 10.1. The number of benzene rings is 2. The average molecular weight is 379 g/mol. The van der Waals surface area contributed by atoms with Gasteiger partial charge in [-0.2, -0.15) is 0 Å². The van der Waals surface area contributed by atoms with E-state index in [2.05, 4.69) is 15.2 Å². The Kier molecular flexibility index (Phi) is 4.84. The molecule has 0 radical (unpaired) electrons. The highest BCUT2D eigenvalue weighted by Crippen LogP contribution is 2.26. The molecule has 0 amide bonds. The summed E-state index contributed by atoms with van der Waals surface area (Å²) in [5.41, 5.74) is 3.31. The van der Waals surface area contributed by atoms with E-state index in [9.17, 15) is 0 Å². The normalized spacial score (nSPS) is 11.7. The largest absolute Gasteiger partial charge is 0.497 e. The van der Waals surface area contributed by atoms with Crippen LogP contribution in [0.1, 0.15) is 6.92 Å². The van der Waals surface area contributed by atoms with Crippen molar-refractivity contribution in [2.24, 2.45) is 4.99 Å². The van der Waals surface area contributed by atoms with E-state index in [1.54, 1.807) is 12.6 Å². The summed E-state index contributed by atoms with van der Waals surface area (Å²) < 4.78 is 17.0. The molecule has 4 rings (SSSR count). The van der Waals surface area contributed by atoms with Crippen molar-refractivity contribution < 1.29 is 13.9 Å². The van der Waals surface area contributed by atoms with E-state index in [1.807, 2.05) is 55.5 Å². The van der Waals surface area contributed by atoms with Gasteiger partial charge in [-0.05, 0) is 49.4 Å². The van der Waals surface area contributed by atoms with Crippen LogP contribution in [0.4, 0.5) is 5.13 Å². The van der Waals surface area contributed by atoms with Crippen LogP contribution in [0, 0.1) is 0 Å². The highest BCUT2D eigenvalue weighted by Gasteiger charge is 2.09. The molecular weight excluding hydrogens is 362 g/mol. The lowest BCUT2D eigenvalue weighted by Crippen LogP contribution is -2.04. The summed E-state index contributed by atoms with van der Waals surface area (Å²) in [4.78, 5) is 4.66. The van der Waals surface area contributed by atoms with Gasteiger partial charge in [0.15, 0.2) is 0 Å². The van der Waals surface area contributed by atoms with Gasteiger partial charge in [-0.25, -0.2) is 4.99 Å². The van der Waals surface area contributed by atoms with Gasteiger partial charge in [-0.1, -0.05) is 11.3 Å². The first kappa shape index (κ1) is 17.2. The molecule has 136 valence electrons. The Morgan fingerprint density at radius 2 is 1.89 bits per heavy atom. The zero-order valence-corrected chi connectivity index (χ0v) is 15.7. The second-order valence-corrected chi connectivity index (χ2v) is 6.46. The zero-order valence-electron chi connectivity index (χ0n) is 14.9. The van der Waals surface area contributed by atoms with Gasteiger partial charge in [-0.15, -0.1) is 10.2 Å². The van der Waals surface area contributed by atoms with Crippen molar-refractivity contribution in [2.75, 3.05) is 13.7 Å². The van der Waals surface area contributed by atoms with Gasteiger partial charge in [-0.3, -0.25) is 0 Å². The topological polar surface area (TPSA) is 69.7 Å². The Morgan fingerprint density at radius 3 is 2.59 bits per heavy atom. The lowest BCUT2D eigenvalue weighted by atomic mass is 10.1. The minimum atomic E-state index is 0.588. The van der Waals surface area contributed by atoms with E-state index in [4.69, 9.17) is 13.9 Å². The van der Waals surface area contributed by atoms with E-state index in [0.29, 0.717) is 17.5 Å². The number of methoxy groups -OCH3 is 1. The molecule has 0 saturated carbocycles. The Morgan fingerprint density at radius 1 is 1.07 bits per heavy atom. The molecular formula is C20H17N3O3S. The maximum atomic E-state index is 6.13. The maximum Gasteiger partial charge on any atom is 0.231 e. The van der Waals surface area contributed by atoms with Crippen molar-refractivity contribution in [3.05, 3.63) is 59.4 Å². The van der Waals surface area contributed by atoms with Crippen LogP contribution < -0.4 is 14.8 Å². The molecule has 7 heteroatoms. The van der Waals surface area contributed by atoms with Gasteiger partial charge >= 0.3 is 0 Å². The number of aromatic nitrogens is 2. The molecule has 0 unspecified atom stereocenters. The fraction of sp³-hybridized carbons (Fsp3) is 0.150. The van der Waals surface area contributed by atoms with Crippen molar-refractivity contribution in [2.45, 2.75) is 6.92 Å². The Balaban J connectivity index is 1.92. The van der Waals surface area contributed by atoms with Crippen LogP contribution in [-0.4, -0.2) is 23.9 Å². The van der Waals surface area contributed by atoms with Crippen molar-refractivity contribution in [1.82, 2.24) is 10.2 Å². The number of ether oxygens (including phenoxy) is 2. The lowest BCUT2D eigenvalue weighted by molar-refractivity contribution is 0.340. The van der Waals surface area contributed by atoms with Crippen LogP contribution in [0.25, 0.3) is 22.3 Å². The van der Waals surface area contributed by atoms with E-state index in [1.165, 1.54) is 11.3 Å². The van der Waals surface area contributed by atoms with Crippen LogP contribution in [0.2, 0.25) is 0 Å². The number of hydrogen-bond donors (Lipinski definition) is 0. The molecule has 0 atom stereocenters. The van der Waals surface area contributed by atoms with E-state index in [0.717, 1.165) is 33.4 Å². The fourth-order valence-corrected chi connectivity index (χ4v) is 3.15. The monoisotopic (exact) mass is 379 g/mol. The van der Waals surface area contributed by atoms with E-state index >= 15 is 0 Å². The standard InChI is InChI=1S/C20H17N3O3S/c1-3-25-15-8-9-18-16(10-15)17(22-20-23-21-12-27-20)11-19(26-18)13-4-6-14(24-2)7-5-13/h4-12H,3H2,1-2H3. The number of nitrogens with zero attached hydrogens (tertiary/aromatic N) is 3. The highest BCUT2D eigenvalue weighted by atomic mass is 32.1. The predicted octanol–water partition coefficient (Wildman–Crippen LogP) is 4.59. The third-order valence-electron chi connectivity index (χ3n) is 3.96. The molecule has 0 N–H and O–H groups in total. The summed E-state index contributed by atoms with van der Waals surface area (Å²) in [7, 11) is 1.64. The molecule has 0 aliphatic heterocycles. The smallest absolute Gasteiger partial charge is 0.231 e. The van der Waals surface area contributed by atoms with Crippen molar-refractivity contribution in [3.63, 3.8) is 0 Å². The lowest BCUT2D eigenvalue weighted by Gasteiger charge is -2.08. The minimum absolute atomic E-state index is 0.588. The minimum Gasteiger partial charge on any atom is -0.497 e. The summed E-state index contributed by atoms with van der Waals surface area (Å²) in [5.74, 6) is 2.27. The molecule has 0 bridgehead atoms. The van der Waals surface area contributed by atoms with Gasteiger partial charge in [0.25, 0.3) is 0 Å². The molecule has 0 spiro atoms. The third-order valence-corrected chi connectivity index (χ3v) is 4.55. The third kappa shape index (κ3) is 3.68. The molecule has 4 aromatic rings. The Hall–Kier alpha value is -3.19. The summed E-state index contributed by atoms with van der Waals surface area (Å²) >= 11 is 1.38. The molecule has 27 heavy (non-hydrogen) atoms. The first-order chi connectivity index (χ1) is 13.3. The highest BCUT2D eigenvalue weighted by molar-refractivity contribution is 7.13. The summed E-state index contributed by atoms with van der Waals surface area (Å²) in [6.07, 6.45) is 0. The molecule has 6 nitrogen and oxygen atoms in total. The van der Waals surface area contributed by atoms with Gasteiger partial charge < -0.3 is 13.9 Å². The molecule has 0 aliphatic rings. The quantitative estimate of drug-likeness (QED) is 0.507. The van der Waals surface area contributed by atoms with Gasteiger partial charge in [0.1, 0.15) is 28.4 Å². The molecule has 0 fully saturated rings. The predicted molar refractivity (Wildman–Crippen MR) is 105 cm³/mol. The second-order valence-electron chi connectivity index (χ2n) is 5.65. The number of fused-ring (bicyclic) bond motifs is 1. The van der Waals surface area contributed by atoms with E-state index in [-0.39, 0.29) is 0 Å². The first-order valence-electron chi connectivity index (χ1n) is 8.43. The Labute approximate surface area is 159 Å². The SMILES string of the molecule is CCOc1ccc2oc(-c3ccc(OC)cc3)cc(=Nc3nncs3)c2c1. The number of hydrogen-bond acceptors (Lipinski definition) is 7. The van der Waals surface area contributed by atoms with Crippen molar-refractivity contribution >= 4 is 27.4 Å². The van der Waals surface area contributed by atoms with Crippen LogP contribution >= 0.6 is 11.3 Å². The molecule has 2 aromatic heterocycles. The van der Waals surface area contributed by atoms with Crippen molar-refractivity contribution in [1.29, 1.82) is 0 Å². The molecule has 2 aromatic carbocycles. The van der Waals surface area contributed by atoms with Crippen LogP contribution in [0.15, 0.2) is 63.5 Å². The maximum absolute atomic E-state index is 6.13. The molecule has 0 aliphatic carbocycles. The zero-order chi connectivity index (χ0) is 18.6.